The van der Waals surface area contributed by atoms with Crippen LogP contribution in [0, 0.1) is 0 Å². The van der Waals surface area contributed by atoms with E-state index >= 15 is 0 Å². The average Bonchev–Trinajstić information content (AvgIpc) is 3.10. The van der Waals surface area contributed by atoms with Crippen LogP contribution in [0.1, 0.15) is 64.7 Å². The lowest BCUT2D eigenvalue weighted by Gasteiger charge is -2.26. The molecule has 5 nitrogen and oxygen atoms in total. The summed E-state index contributed by atoms with van der Waals surface area (Å²) in [5, 5.41) is 6.57. The van der Waals surface area contributed by atoms with Gasteiger partial charge < -0.3 is 15.5 Å². The Morgan fingerprint density at radius 3 is 2.39 bits per heavy atom. The average molecular weight is 442 g/mol. The molecule has 3 aromatic carbocycles. The predicted molar refractivity (Wildman–Crippen MR) is 132 cm³/mol. The van der Waals surface area contributed by atoms with E-state index in [1.165, 1.54) is 5.56 Å². The zero-order valence-electron chi connectivity index (χ0n) is 19.3. The van der Waals surface area contributed by atoms with Gasteiger partial charge in [-0.2, -0.15) is 0 Å². The second-order valence-corrected chi connectivity index (χ2v) is 8.61. The summed E-state index contributed by atoms with van der Waals surface area (Å²) in [6, 6.07) is 25.6. The monoisotopic (exact) mass is 441 g/mol. The molecule has 5 heteroatoms. The van der Waals surface area contributed by atoms with E-state index < -0.39 is 0 Å². The van der Waals surface area contributed by atoms with E-state index in [2.05, 4.69) is 29.7 Å². The topological polar surface area (TPSA) is 61.4 Å². The molecule has 0 saturated heterocycles. The van der Waals surface area contributed by atoms with Gasteiger partial charge in [-0.1, -0.05) is 55.5 Å². The molecule has 0 radical (unpaired) electrons. The number of hydrogen-bond acceptors (Lipinski definition) is 3. The van der Waals surface area contributed by atoms with Crippen molar-refractivity contribution in [2.45, 2.75) is 45.3 Å². The Labute approximate surface area is 195 Å². The van der Waals surface area contributed by atoms with E-state index in [-0.39, 0.29) is 24.0 Å². The number of hydrogen-bond donors (Lipinski definition) is 2. The maximum atomic E-state index is 12.8. The molecule has 170 valence electrons. The number of nitrogens with one attached hydrogen (secondary N) is 2. The van der Waals surface area contributed by atoms with Gasteiger partial charge in [-0.15, -0.1) is 0 Å². The molecular weight excluding hydrogens is 410 g/mol. The number of carbonyl (C=O) groups excluding carboxylic acids is 2. The summed E-state index contributed by atoms with van der Waals surface area (Å²) in [7, 11) is 0. The van der Waals surface area contributed by atoms with Crippen LogP contribution in [0.25, 0.3) is 0 Å². The first-order valence-electron chi connectivity index (χ1n) is 11.7. The Hall–Kier alpha value is -3.60. The van der Waals surface area contributed by atoms with Crippen molar-refractivity contribution < 1.29 is 9.59 Å². The highest BCUT2D eigenvalue weighted by atomic mass is 16.2. The fraction of sp³-hybridized carbons (Fsp3) is 0.286. The van der Waals surface area contributed by atoms with Crippen molar-refractivity contribution in [1.29, 1.82) is 0 Å². The van der Waals surface area contributed by atoms with Gasteiger partial charge in [-0.3, -0.25) is 9.59 Å². The van der Waals surface area contributed by atoms with Gasteiger partial charge in [0.1, 0.15) is 6.17 Å². The Morgan fingerprint density at radius 1 is 0.970 bits per heavy atom. The second kappa shape index (κ2) is 10.3. The lowest BCUT2D eigenvalue weighted by atomic mass is 10.1. The van der Waals surface area contributed by atoms with Crippen molar-refractivity contribution in [3.8, 4) is 0 Å². The van der Waals surface area contributed by atoms with Gasteiger partial charge in [0.05, 0.1) is 0 Å². The highest BCUT2D eigenvalue weighted by Crippen LogP contribution is 2.34. The molecule has 2 unspecified atom stereocenters. The maximum absolute atomic E-state index is 12.8. The highest BCUT2D eigenvalue weighted by Gasteiger charge is 2.35. The number of carbonyl (C=O) groups is 2. The Balaban J connectivity index is 1.37. The number of nitrogens with zero attached hydrogens (tertiary/aromatic N) is 1. The minimum Gasteiger partial charge on any atom is -0.361 e. The molecule has 1 heterocycles. The van der Waals surface area contributed by atoms with Crippen molar-refractivity contribution in [3.05, 3.63) is 101 Å². The van der Waals surface area contributed by atoms with Gasteiger partial charge in [-0.25, -0.2) is 0 Å². The highest BCUT2D eigenvalue weighted by molar-refractivity contribution is 5.99. The number of rotatable bonds is 9. The Bertz CT molecular complexity index is 1100. The molecule has 1 aliphatic heterocycles. The van der Waals surface area contributed by atoms with Crippen molar-refractivity contribution in [2.75, 3.05) is 11.9 Å². The third-order valence-electron chi connectivity index (χ3n) is 6.06. The summed E-state index contributed by atoms with van der Waals surface area (Å²) in [6.45, 7) is 4.79. The third kappa shape index (κ3) is 5.25. The van der Waals surface area contributed by atoms with Gasteiger partial charge >= 0.3 is 0 Å². The first kappa shape index (κ1) is 22.6. The van der Waals surface area contributed by atoms with Gasteiger partial charge in [-0.05, 0) is 62.1 Å². The van der Waals surface area contributed by atoms with Crippen LogP contribution in [-0.4, -0.2) is 29.3 Å². The number of aryl methyl sites for hydroxylation is 1. The SMILES string of the molecule is CCCN1C(=O)c2ccccc2C1Nc1ccc(C(=O)NC(C)CCc2ccccc2)cc1. The molecule has 0 saturated carbocycles. The minimum absolute atomic E-state index is 0.0606. The van der Waals surface area contributed by atoms with Crippen LogP contribution in [-0.2, 0) is 6.42 Å². The Kier molecular flexibility index (Phi) is 7.08. The van der Waals surface area contributed by atoms with Gasteiger partial charge in [0.15, 0.2) is 0 Å². The zero-order valence-corrected chi connectivity index (χ0v) is 19.3. The van der Waals surface area contributed by atoms with E-state index in [0.717, 1.165) is 36.1 Å². The van der Waals surface area contributed by atoms with Crippen LogP contribution >= 0.6 is 0 Å². The van der Waals surface area contributed by atoms with E-state index in [9.17, 15) is 9.59 Å². The summed E-state index contributed by atoms with van der Waals surface area (Å²) < 4.78 is 0. The number of benzene rings is 3. The number of fused-ring (bicyclic) bond motifs is 1. The van der Waals surface area contributed by atoms with Gasteiger partial charge in [0, 0.05) is 35.0 Å². The van der Waals surface area contributed by atoms with E-state index in [1.54, 1.807) is 0 Å². The van der Waals surface area contributed by atoms with Crippen molar-refractivity contribution in [2.24, 2.45) is 0 Å². The van der Waals surface area contributed by atoms with Crippen LogP contribution in [0.15, 0.2) is 78.9 Å². The quantitative estimate of drug-likeness (QED) is 0.466. The molecule has 0 aromatic heterocycles. The molecular formula is C28H31N3O2. The lowest BCUT2D eigenvalue weighted by Crippen LogP contribution is -2.33. The first-order chi connectivity index (χ1) is 16.1. The van der Waals surface area contributed by atoms with E-state index in [0.29, 0.717) is 12.1 Å². The van der Waals surface area contributed by atoms with Crippen LogP contribution in [0.4, 0.5) is 5.69 Å². The first-order valence-corrected chi connectivity index (χ1v) is 11.7. The smallest absolute Gasteiger partial charge is 0.256 e. The number of amides is 2. The summed E-state index contributed by atoms with van der Waals surface area (Å²) >= 11 is 0. The zero-order chi connectivity index (χ0) is 23.2. The minimum atomic E-state index is -0.202. The number of anilines is 1. The van der Waals surface area contributed by atoms with Crippen LogP contribution in [0.5, 0.6) is 0 Å². The lowest BCUT2D eigenvalue weighted by molar-refractivity contribution is 0.0743. The molecule has 0 bridgehead atoms. The Morgan fingerprint density at radius 2 is 1.67 bits per heavy atom. The summed E-state index contributed by atoms with van der Waals surface area (Å²) in [6.07, 6.45) is 2.50. The van der Waals surface area contributed by atoms with Gasteiger partial charge in [0.2, 0.25) is 0 Å². The second-order valence-electron chi connectivity index (χ2n) is 8.61. The van der Waals surface area contributed by atoms with Crippen molar-refractivity contribution in [3.63, 3.8) is 0 Å². The fourth-order valence-electron chi connectivity index (χ4n) is 4.28. The molecule has 3 aromatic rings. The summed E-state index contributed by atoms with van der Waals surface area (Å²) in [5.74, 6) is -0.0125. The van der Waals surface area contributed by atoms with Crippen LogP contribution in [0.3, 0.4) is 0 Å². The van der Waals surface area contributed by atoms with Crippen molar-refractivity contribution in [1.82, 2.24) is 10.2 Å². The van der Waals surface area contributed by atoms with Crippen LogP contribution < -0.4 is 10.6 Å². The van der Waals surface area contributed by atoms with E-state index in [4.69, 9.17) is 0 Å². The molecule has 0 spiro atoms. The molecule has 2 N–H and O–H groups in total. The largest absolute Gasteiger partial charge is 0.361 e. The molecule has 4 rings (SSSR count). The normalized spacial score (nSPS) is 15.8. The molecule has 33 heavy (non-hydrogen) atoms. The molecule has 1 aliphatic rings. The molecule has 0 fully saturated rings. The fourth-order valence-corrected chi connectivity index (χ4v) is 4.28. The third-order valence-corrected chi connectivity index (χ3v) is 6.06. The maximum Gasteiger partial charge on any atom is 0.256 e. The molecule has 2 atom stereocenters. The summed E-state index contributed by atoms with van der Waals surface area (Å²) in [5.41, 5.74) is 4.52. The van der Waals surface area contributed by atoms with Crippen molar-refractivity contribution >= 4 is 17.5 Å². The standard InChI is InChI=1S/C28H31N3O2/c1-3-19-31-26(24-11-7-8-12-25(24)28(31)33)30-23-17-15-22(16-18-23)27(32)29-20(2)13-14-21-9-5-4-6-10-21/h4-12,15-18,20,26,30H,3,13-14,19H2,1-2H3,(H,29,32). The molecule has 2 amide bonds. The van der Waals surface area contributed by atoms with Crippen LogP contribution in [0.2, 0.25) is 0 Å². The summed E-state index contributed by atoms with van der Waals surface area (Å²) in [4.78, 5) is 27.4. The molecule has 0 aliphatic carbocycles. The predicted octanol–water partition coefficient (Wildman–Crippen LogP) is 5.41. The van der Waals surface area contributed by atoms with Gasteiger partial charge in [0.25, 0.3) is 11.8 Å². The van der Waals surface area contributed by atoms with E-state index in [1.807, 2.05) is 78.6 Å².